The minimum absolute atomic E-state index is 0.129. The highest BCUT2D eigenvalue weighted by atomic mass is 79.9. The predicted octanol–water partition coefficient (Wildman–Crippen LogP) is 3.77. The molecule has 1 aromatic rings. The highest BCUT2D eigenvalue weighted by Gasteiger charge is 2.25. The molecule has 1 aliphatic rings. The van der Waals surface area contributed by atoms with Gasteiger partial charge in [-0.1, -0.05) is 12.1 Å². The van der Waals surface area contributed by atoms with Crippen LogP contribution in [-0.2, 0) is 10.5 Å². The van der Waals surface area contributed by atoms with Crippen LogP contribution in [-0.4, -0.2) is 22.9 Å². The first-order valence-corrected chi connectivity index (χ1v) is 7.58. The summed E-state index contributed by atoms with van der Waals surface area (Å²) in [6.45, 7) is 2.89. The summed E-state index contributed by atoms with van der Waals surface area (Å²) in [6.07, 6.45) is 1.32. The van der Waals surface area contributed by atoms with Gasteiger partial charge in [0.15, 0.2) is 0 Å². The van der Waals surface area contributed by atoms with E-state index in [0.29, 0.717) is 9.72 Å². The minimum Gasteiger partial charge on any atom is -0.377 e. The molecule has 0 amide bonds. The van der Waals surface area contributed by atoms with Crippen molar-refractivity contribution in [2.45, 2.75) is 30.5 Å². The molecule has 98 valence electrons. The van der Waals surface area contributed by atoms with Crippen molar-refractivity contribution in [1.29, 1.82) is 0 Å². The molecule has 0 spiro atoms. The number of ether oxygens (including phenoxy) is 1. The van der Waals surface area contributed by atoms with Crippen LogP contribution in [0.25, 0.3) is 0 Å². The number of rotatable bonds is 4. The van der Waals surface area contributed by atoms with Gasteiger partial charge in [0, 0.05) is 23.7 Å². The zero-order chi connectivity index (χ0) is 13.1. The molecular formula is C12H14BrNO3S. The van der Waals surface area contributed by atoms with Gasteiger partial charge in [0.2, 0.25) is 0 Å². The van der Waals surface area contributed by atoms with E-state index in [0.717, 1.165) is 24.3 Å². The number of hydrogen-bond acceptors (Lipinski definition) is 4. The monoisotopic (exact) mass is 331 g/mol. The van der Waals surface area contributed by atoms with Crippen LogP contribution in [0.2, 0.25) is 0 Å². The molecule has 0 aromatic heterocycles. The fourth-order valence-electron chi connectivity index (χ4n) is 1.95. The van der Waals surface area contributed by atoms with Crippen molar-refractivity contribution in [3.8, 4) is 0 Å². The van der Waals surface area contributed by atoms with E-state index < -0.39 is 0 Å². The molecule has 18 heavy (non-hydrogen) atoms. The van der Waals surface area contributed by atoms with E-state index in [4.69, 9.17) is 4.74 Å². The maximum atomic E-state index is 10.8. The zero-order valence-electron chi connectivity index (χ0n) is 9.97. The third-order valence-corrected chi connectivity index (χ3v) is 5.45. The maximum absolute atomic E-state index is 10.8. The predicted molar refractivity (Wildman–Crippen MR) is 75.9 cm³/mol. The fraction of sp³-hybridized carbons (Fsp3) is 0.500. The molecular weight excluding hydrogens is 318 g/mol. The third-order valence-electron chi connectivity index (χ3n) is 3.01. The molecule has 4 nitrogen and oxygen atoms in total. The minimum atomic E-state index is -0.362. The Morgan fingerprint density at radius 1 is 1.61 bits per heavy atom. The second-order valence-electron chi connectivity index (χ2n) is 4.22. The average Bonchev–Trinajstić information content (AvgIpc) is 2.73. The summed E-state index contributed by atoms with van der Waals surface area (Å²) in [4.78, 5) is 10.5. The number of hydrogen-bond donors (Lipinski definition) is 0. The first-order chi connectivity index (χ1) is 8.59. The van der Waals surface area contributed by atoms with E-state index in [1.165, 1.54) is 6.07 Å². The lowest BCUT2D eigenvalue weighted by Crippen LogP contribution is -2.13. The summed E-state index contributed by atoms with van der Waals surface area (Å²) >= 11 is 5.12. The Morgan fingerprint density at radius 2 is 2.39 bits per heavy atom. The van der Waals surface area contributed by atoms with Crippen molar-refractivity contribution in [3.63, 3.8) is 0 Å². The van der Waals surface area contributed by atoms with Gasteiger partial charge in [-0.25, -0.2) is 0 Å². The van der Waals surface area contributed by atoms with Gasteiger partial charge < -0.3 is 4.74 Å². The van der Waals surface area contributed by atoms with E-state index in [9.17, 15) is 10.1 Å². The highest BCUT2D eigenvalue weighted by Crippen LogP contribution is 2.34. The van der Waals surface area contributed by atoms with Gasteiger partial charge >= 0.3 is 0 Å². The summed E-state index contributed by atoms with van der Waals surface area (Å²) < 4.78 is 6.10. The van der Waals surface area contributed by atoms with E-state index in [1.54, 1.807) is 17.8 Å². The van der Waals surface area contributed by atoms with Crippen molar-refractivity contribution < 1.29 is 9.66 Å². The number of nitrogens with zero attached hydrogens (tertiary/aromatic N) is 1. The SMILES string of the molecule is CC1OCCC1SCc1cccc([N+](=O)[O-])c1Br. The topological polar surface area (TPSA) is 52.4 Å². The first kappa shape index (κ1) is 13.8. The van der Waals surface area contributed by atoms with Crippen LogP contribution in [0, 0.1) is 10.1 Å². The molecule has 1 aliphatic heterocycles. The van der Waals surface area contributed by atoms with Crippen LogP contribution < -0.4 is 0 Å². The Bertz CT molecular complexity index is 455. The molecule has 1 heterocycles. The number of halogens is 1. The van der Waals surface area contributed by atoms with Crippen molar-refractivity contribution in [2.24, 2.45) is 0 Å². The molecule has 0 bridgehead atoms. The summed E-state index contributed by atoms with van der Waals surface area (Å²) in [5, 5.41) is 11.3. The van der Waals surface area contributed by atoms with Gasteiger partial charge in [-0.15, -0.1) is 0 Å². The van der Waals surface area contributed by atoms with E-state index in [1.807, 2.05) is 6.07 Å². The quantitative estimate of drug-likeness (QED) is 0.622. The van der Waals surface area contributed by atoms with Gasteiger partial charge in [-0.05, 0) is 34.8 Å². The second kappa shape index (κ2) is 6.04. The largest absolute Gasteiger partial charge is 0.377 e. The molecule has 0 N–H and O–H groups in total. The number of nitro groups is 1. The van der Waals surface area contributed by atoms with Crippen LogP contribution in [0.1, 0.15) is 18.9 Å². The van der Waals surface area contributed by atoms with Gasteiger partial charge in [0.25, 0.3) is 5.69 Å². The van der Waals surface area contributed by atoms with E-state index >= 15 is 0 Å². The fourth-order valence-corrected chi connectivity index (χ4v) is 3.93. The lowest BCUT2D eigenvalue weighted by Gasteiger charge is -2.13. The second-order valence-corrected chi connectivity index (χ2v) is 6.24. The van der Waals surface area contributed by atoms with Crippen molar-refractivity contribution in [2.75, 3.05) is 6.61 Å². The zero-order valence-corrected chi connectivity index (χ0v) is 12.4. The summed E-state index contributed by atoms with van der Waals surface area (Å²) in [7, 11) is 0. The Hall–Kier alpha value is -0.590. The van der Waals surface area contributed by atoms with Crippen LogP contribution >= 0.6 is 27.7 Å². The number of nitro benzene ring substituents is 1. The normalized spacial score (nSPS) is 23.2. The first-order valence-electron chi connectivity index (χ1n) is 5.74. The van der Waals surface area contributed by atoms with Crippen LogP contribution in [0.4, 0.5) is 5.69 Å². The molecule has 1 saturated heterocycles. The summed E-state index contributed by atoms with van der Waals surface area (Å²) in [5.41, 5.74) is 1.09. The number of thioether (sulfide) groups is 1. The lowest BCUT2D eigenvalue weighted by molar-refractivity contribution is -0.385. The Labute approximate surface area is 118 Å². The van der Waals surface area contributed by atoms with Crippen molar-refractivity contribution in [1.82, 2.24) is 0 Å². The van der Waals surface area contributed by atoms with Crippen molar-refractivity contribution in [3.05, 3.63) is 38.3 Å². The number of benzene rings is 1. The van der Waals surface area contributed by atoms with Crippen molar-refractivity contribution >= 4 is 33.4 Å². The molecule has 2 atom stereocenters. The molecule has 1 fully saturated rings. The highest BCUT2D eigenvalue weighted by molar-refractivity contribution is 9.10. The average molecular weight is 332 g/mol. The summed E-state index contributed by atoms with van der Waals surface area (Å²) in [6, 6.07) is 5.16. The standard InChI is InChI=1S/C12H14BrNO3S/c1-8-11(5-6-17-8)18-7-9-3-2-4-10(12(9)13)14(15)16/h2-4,8,11H,5-7H2,1H3. The molecule has 6 heteroatoms. The van der Waals surface area contributed by atoms with Gasteiger partial charge in [-0.3, -0.25) is 10.1 Å². The molecule has 0 saturated carbocycles. The van der Waals surface area contributed by atoms with Crippen LogP contribution in [0.5, 0.6) is 0 Å². The molecule has 2 rings (SSSR count). The van der Waals surface area contributed by atoms with Gasteiger partial charge in [0.05, 0.1) is 15.5 Å². The Balaban J connectivity index is 2.05. The van der Waals surface area contributed by atoms with Gasteiger partial charge in [0.1, 0.15) is 0 Å². The van der Waals surface area contributed by atoms with Crippen LogP contribution in [0.3, 0.4) is 0 Å². The van der Waals surface area contributed by atoms with Crippen LogP contribution in [0.15, 0.2) is 22.7 Å². The third kappa shape index (κ3) is 3.05. The Kier molecular flexibility index (Phi) is 4.64. The van der Waals surface area contributed by atoms with E-state index in [-0.39, 0.29) is 16.7 Å². The maximum Gasteiger partial charge on any atom is 0.283 e. The lowest BCUT2D eigenvalue weighted by atomic mass is 10.2. The molecule has 2 unspecified atom stereocenters. The van der Waals surface area contributed by atoms with E-state index in [2.05, 4.69) is 22.9 Å². The Morgan fingerprint density at radius 3 is 3.00 bits per heavy atom. The molecule has 0 aliphatic carbocycles. The smallest absolute Gasteiger partial charge is 0.283 e. The van der Waals surface area contributed by atoms with Gasteiger partial charge in [-0.2, -0.15) is 11.8 Å². The summed E-state index contributed by atoms with van der Waals surface area (Å²) in [5.74, 6) is 0.765. The molecule has 0 radical (unpaired) electrons. The molecule has 1 aromatic carbocycles.